The van der Waals surface area contributed by atoms with Crippen LogP contribution in [0.15, 0.2) is 30.6 Å². The molecule has 1 aromatic heterocycles. The second-order valence-corrected chi connectivity index (χ2v) is 11.9. The molecular weight excluding hydrogens is 502 g/mol. The van der Waals surface area contributed by atoms with E-state index in [4.69, 9.17) is 21.4 Å². The van der Waals surface area contributed by atoms with Crippen LogP contribution < -0.4 is 9.64 Å². The van der Waals surface area contributed by atoms with E-state index in [0.29, 0.717) is 43.5 Å². The molecule has 11 heteroatoms. The maximum absolute atomic E-state index is 12.3. The highest BCUT2D eigenvalue weighted by Gasteiger charge is 2.27. The molecule has 1 N–H and O–H groups in total. The molecule has 2 saturated heterocycles. The van der Waals surface area contributed by atoms with Crippen molar-refractivity contribution in [2.24, 2.45) is 0 Å². The minimum Gasteiger partial charge on any atom is -0.489 e. The van der Waals surface area contributed by atoms with Crippen molar-refractivity contribution in [3.8, 4) is 5.75 Å². The van der Waals surface area contributed by atoms with Crippen molar-refractivity contribution in [3.63, 3.8) is 0 Å². The minimum atomic E-state index is -3.29. The lowest BCUT2D eigenvalue weighted by Gasteiger charge is -2.34. The van der Waals surface area contributed by atoms with Crippen LogP contribution in [0.2, 0.25) is 5.02 Å². The van der Waals surface area contributed by atoms with Gasteiger partial charge in [-0.1, -0.05) is 24.6 Å². The fourth-order valence-corrected chi connectivity index (χ4v) is 6.30. The number of aryl methyl sites for hydroxylation is 1. The molecule has 0 bridgehead atoms. The fraction of sp³-hybridized carbons (Fsp3) is 0.600. The van der Waals surface area contributed by atoms with Crippen molar-refractivity contribution in [1.82, 2.24) is 19.2 Å². The molecule has 0 aliphatic carbocycles. The van der Waals surface area contributed by atoms with Crippen molar-refractivity contribution < 1.29 is 18.3 Å². The first kappa shape index (κ1) is 27.1. The second kappa shape index (κ2) is 12.5. The summed E-state index contributed by atoms with van der Waals surface area (Å²) >= 11 is 6.57. The number of hydrogen-bond acceptors (Lipinski definition) is 8. The normalized spacial score (nSPS) is 18.5. The second-order valence-electron chi connectivity index (χ2n) is 9.38. The third-order valence-electron chi connectivity index (χ3n) is 6.81. The summed E-state index contributed by atoms with van der Waals surface area (Å²) in [7, 11) is -3.29. The van der Waals surface area contributed by atoms with E-state index in [1.807, 2.05) is 30.6 Å². The highest BCUT2D eigenvalue weighted by atomic mass is 35.5. The monoisotopic (exact) mass is 537 g/mol. The summed E-state index contributed by atoms with van der Waals surface area (Å²) in [5.41, 5.74) is 2.21. The van der Waals surface area contributed by atoms with Gasteiger partial charge < -0.3 is 14.7 Å². The highest BCUT2D eigenvalue weighted by Crippen LogP contribution is 2.29. The lowest BCUT2D eigenvalue weighted by Crippen LogP contribution is -2.48. The topological polar surface area (TPSA) is 99.1 Å². The molecule has 3 heterocycles. The van der Waals surface area contributed by atoms with Crippen molar-refractivity contribution >= 4 is 27.6 Å². The van der Waals surface area contributed by atoms with Gasteiger partial charge >= 0.3 is 0 Å². The van der Waals surface area contributed by atoms with E-state index >= 15 is 0 Å². The summed E-state index contributed by atoms with van der Waals surface area (Å²) in [6, 6.07) is 5.91. The lowest BCUT2D eigenvalue weighted by molar-refractivity contribution is 0.170. The average Bonchev–Trinajstić information content (AvgIpc) is 2.90. The first-order valence-electron chi connectivity index (χ1n) is 12.7. The molecule has 0 amide bonds. The number of sulfonamides is 1. The number of aliphatic hydroxyl groups excluding tert-OH is 1. The summed E-state index contributed by atoms with van der Waals surface area (Å²) in [4.78, 5) is 13.4. The quantitative estimate of drug-likeness (QED) is 0.494. The molecule has 0 spiro atoms. The van der Waals surface area contributed by atoms with E-state index in [9.17, 15) is 8.42 Å². The fourth-order valence-electron chi connectivity index (χ4n) is 4.59. The maximum Gasteiger partial charge on any atom is 0.225 e. The van der Waals surface area contributed by atoms with Crippen LogP contribution in [-0.2, 0) is 23.0 Å². The predicted molar refractivity (Wildman–Crippen MR) is 141 cm³/mol. The molecule has 4 rings (SSSR count). The Morgan fingerprint density at radius 1 is 1.06 bits per heavy atom. The van der Waals surface area contributed by atoms with Gasteiger partial charge in [-0.2, -0.15) is 4.31 Å². The Balaban J connectivity index is 1.24. The van der Waals surface area contributed by atoms with Gasteiger partial charge in [0.2, 0.25) is 16.0 Å². The number of nitrogens with zero attached hydrogens (tertiary/aromatic N) is 5. The number of hydrogen-bond donors (Lipinski definition) is 1. The van der Waals surface area contributed by atoms with Gasteiger partial charge in [-0.15, -0.1) is 0 Å². The van der Waals surface area contributed by atoms with Gasteiger partial charge in [0.1, 0.15) is 11.9 Å². The number of ether oxygens (including phenoxy) is 1. The number of piperazine rings is 1. The average molecular weight is 538 g/mol. The first-order valence-corrected chi connectivity index (χ1v) is 14.7. The zero-order valence-corrected chi connectivity index (χ0v) is 22.4. The zero-order valence-electron chi connectivity index (χ0n) is 20.9. The number of halogens is 1. The molecular formula is C25H36ClN5O4S. The van der Waals surface area contributed by atoms with Crippen molar-refractivity contribution in [2.45, 2.75) is 45.3 Å². The van der Waals surface area contributed by atoms with Crippen molar-refractivity contribution in [2.75, 3.05) is 56.5 Å². The molecule has 0 atom stereocenters. The van der Waals surface area contributed by atoms with Crippen LogP contribution in [-0.4, -0.2) is 90.4 Å². The van der Waals surface area contributed by atoms with E-state index in [1.165, 1.54) is 4.31 Å². The summed E-state index contributed by atoms with van der Waals surface area (Å²) < 4.78 is 32.4. The van der Waals surface area contributed by atoms with Crippen LogP contribution in [0.4, 0.5) is 5.95 Å². The molecule has 1 aromatic carbocycles. The predicted octanol–water partition coefficient (Wildman–Crippen LogP) is 2.57. The molecule has 2 aromatic rings. The summed E-state index contributed by atoms with van der Waals surface area (Å²) in [5, 5.41) is 9.51. The SMILES string of the molecule is CCc1cnc(N2CCC(Oc3ccc(CN4CCN(S(=O)(=O)CCCO)CC4)cc3Cl)CC2)nc1. The number of aliphatic hydroxyl groups is 1. The summed E-state index contributed by atoms with van der Waals surface area (Å²) in [5.74, 6) is 1.47. The van der Waals surface area contributed by atoms with E-state index in [-0.39, 0.29) is 24.9 Å². The maximum atomic E-state index is 12.3. The largest absolute Gasteiger partial charge is 0.489 e. The third kappa shape index (κ3) is 7.07. The molecule has 2 aliphatic heterocycles. The van der Waals surface area contributed by atoms with Gasteiger partial charge in [0, 0.05) is 77.7 Å². The Morgan fingerprint density at radius 3 is 2.36 bits per heavy atom. The van der Waals surface area contributed by atoms with Crippen LogP contribution in [0.1, 0.15) is 37.3 Å². The summed E-state index contributed by atoms with van der Waals surface area (Å²) in [6.45, 7) is 6.64. The summed E-state index contributed by atoms with van der Waals surface area (Å²) in [6.07, 6.45) is 6.85. The van der Waals surface area contributed by atoms with E-state index in [1.54, 1.807) is 0 Å². The van der Waals surface area contributed by atoms with Gasteiger partial charge in [0.15, 0.2) is 0 Å². The van der Waals surface area contributed by atoms with E-state index in [2.05, 4.69) is 26.7 Å². The molecule has 2 fully saturated rings. The van der Waals surface area contributed by atoms with Crippen molar-refractivity contribution in [1.29, 1.82) is 0 Å². The molecule has 198 valence electrons. The number of benzene rings is 1. The Morgan fingerprint density at radius 2 is 1.75 bits per heavy atom. The van der Waals surface area contributed by atoms with Crippen LogP contribution >= 0.6 is 11.6 Å². The van der Waals surface area contributed by atoms with Crippen LogP contribution in [0.5, 0.6) is 5.75 Å². The molecule has 9 nitrogen and oxygen atoms in total. The Bertz CT molecular complexity index is 1090. The lowest BCUT2D eigenvalue weighted by atomic mass is 10.1. The van der Waals surface area contributed by atoms with Gasteiger partial charge in [0.05, 0.1) is 10.8 Å². The Labute approximate surface area is 219 Å². The molecule has 36 heavy (non-hydrogen) atoms. The third-order valence-corrected chi connectivity index (χ3v) is 9.06. The van der Waals surface area contributed by atoms with Crippen molar-refractivity contribution in [3.05, 3.63) is 46.7 Å². The standard InChI is InChI=1S/C25H36ClN5O4S/c1-2-20-17-27-25(28-18-20)30-8-6-22(7-9-30)35-24-5-4-21(16-23(24)26)19-29-10-12-31(13-11-29)36(33,34)15-3-14-32/h4-5,16-18,22,32H,2-3,6-15,19H2,1H3. The van der Waals surface area contributed by atoms with Crippen LogP contribution in [0, 0.1) is 0 Å². The molecule has 0 saturated carbocycles. The number of anilines is 1. The van der Waals surface area contributed by atoms with Gasteiger partial charge in [0.25, 0.3) is 0 Å². The molecule has 2 aliphatic rings. The Hall–Kier alpha value is -1.98. The van der Waals surface area contributed by atoms with E-state index < -0.39 is 10.0 Å². The Kier molecular flexibility index (Phi) is 9.41. The number of aromatic nitrogens is 2. The van der Waals surface area contributed by atoms with Gasteiger partial charge in [-0.25, -0.2) is 18.4 Å². The van der Waals surface area contributed by atoms with Gasteiger partial charge in [-0.3, -0.25) is 4.90 Å². The first-order chi connectivity index (χ1) is 17.4. The van der Waals surface area contributed by atoms with Crippen LogP contribution in [0.3, 0.4) is 0 Å². The smallest absolute Gasteiger partial charge is 0.225 e. The minimum absolute atomic E-state index is 0.000568. The number of rotatable bonds is 10. The molecule has 0 unspecified atom stereocenters. The molecule has 0 radical (unpaired) electrons. The van der Waals surface area contributed by atoms with E-state index in [0.717, 1.165) is 49.4 Å². The highest BCUT2D eigenvalue weighted by molar-refractivity contribution is 7.89. The van der Waals surface area contributed by atoms with Crippen LogP contribution in [0.25, 0.3) is 0 Å². The zero-order chi connectivity index (χ0) is 25.5. The number of piperidine rings is 1. The van der Waals surface area contributed by atoms with Gasteiger partial charge in [-0.05, 0) is 36.1 Å².